The summed E-state index contributed by atoms with van der Waals surface area (Å²) in [6.07, 6.45) is 8.32. The third-order valence-corrected chi connectivity index (χ3v) is 6.89. The summed E-state index contributed by atoms with van der Waals surface area (Å²) in [5, 5.41) is 2.92. The molecule has 212 valence electrons. The van der Waals surface area contributed by atoms with Crippen LogP contribution in [0, 0.1) is 5.82 Å². The first-order valence-corrected chi connectivity index (χ1v) is 13.1. The second-order valence-electron chi connectivity index (χ2n) is 9.55. The highest BCUT2D eigenvalue weighted by atomic mass is 19.1. The normalized spacial score (nSPS) is 13.1. The van der Waals surface area contributed by atoms with E-state index in [1.165, 1.54) is 32.5 Å². The Hall–Kier alpha value is -5.31. The van der Waals surface area contributed by atoms with Crippen molar-refractivity contribution < 1.29 is 28.2 Å². The van der Waals surface area contributed by atoms with Crippen LogP contribution < -0.4 is 19.5 Å². The third-order valence-electron chi connectivity index (χ3n) is 6.89. The van der Waals surface area contributed by atoms with E-state index >= 15 is 0 Å². The van der Waals surface area contributed by atoms with E-state index in [9.17, 15) is 14.0 Å². The maximum Gasteiger partial charge on any atom is 0.345 e. The molecule has 1 amide bonds. The number of benzene rings is 2. The number of methoxy groups -OCH3 is 2. The van der Waals surface area contributed by atoms with Gasteiger partial charge in [0, 0.05) is 31.3 Å². The number of ether oxygens (including phenoxy) is 3. The summed E-state index contributed by atoms with van der Waals surface area (Å²) in [6.45, 7) is 2.25. The molecule has 0 fully saturated rings. The summed E-state index contributed by atoms with van der Waals surface area (Å²) in [7, 11) is 2.93. The molecule has 9 heteroatoms. The van der Waals surface area contributed by atoms with Gasteiger partial charge in [0.25, 0.3) is 0 Å². The van der Waals surface area contributed by atoms with Crippen LogP contribution >= 0.6 is 0 Å². The van der Waals surface area contributed by atoms with E-state index in [4.69, 9.17) is 14.2 Å². The van der Waals surface area contributed by atoms with E-state index in [-0.39, 0.29) is 41.0 Å². The van der Waals surface area contributed by atoms with Gasteiger partial charge in [-0.25, -0.2) is 9.18 Å². The molecule has 0 saturated carbocycles. The third kappa shape index (κ3) is 6.05. The molecule has 0 spiro atoms. The summed E-state index contributed by atoms with van der Waals surface area (Å²) in [6, 6.07) is 14.9. The molecule has 1 aliphatic carbocycles. The van der Waals surface area contributed by atoms with Crippen molar-refractivity contribution in [1.82, 2.24) is 15.3 Å². The molecule has 8 nitrogen and oxygen atoms in total. The van der Waals surface area contributed by atoms with Crippen molar-refractivity contribution in [2.75, 3.05) is 14.2 Å². The van der Waals surface area contributed by atoms with Crippen LogP contribution in [0.25, 0.3) is 17.2 Å². The van der Waals surface area contributed by atoms with Crippen LogP contribution in [0.3, 0.4) is 0 Å². The maximum absolute atomic E-state index is 14.4. The molecule has 0 radical (unpaired) electrons. The van der Waals surface area contributed by atoms with Gasteiger partial charge in [-0.05, 0) is 94.4 Å². The minimum absolute atomic E-state index is 0.0791. The van der Waals surface area contributed by atoms with Crippen LogP contribution in [0.2, 0.25) is 0 Å². The van der Waals surface area contributed by atoms with Gasteiger partial charge in [-0.2, -0.15) is 0 Å². The van der Waals surface area contributed by atoms with Gasteiger partial charge in [0.2, 0.25) is 11.7 Å². The second kappa shape index (κ2) is 12.5. The molecule has 1 N–H and O–H groups in total. The molecule has 4 aromatic rings. The number of allylic oxidation sites excluding steroid dienone is 2. The first-order valence-electron chi connectivity index (χ1n) is 13.1. The average Bonchev–Trinajstić information content (AvgIpc) is 3.26. The van der Waals surface area contributed by atoms with E-state index in [0.717, 1.165) is 27.8 Å². The average molecular weight is 566 g/mol. The van der Waals surface area contributed by atoms with Crippen LogP contribution in [0.1, 0.15) is 46.0 Å². The fourth-order valence-corrected chi connectivity index (χ4v) is 4.79. The Morgan fingerprint density at radius 1 is 0.929 bits per heavy atom. The monoisotopic (exact) mass is 565 g/mol. The Morgan fingerprint density at radius 3 is 2.29 bits per heavy atom. The number of hydrogen-bond donors (Lipinski definition) is 1. The predicted octanol–water partition coefficient (Wildman–Crippen LogP) is 5.89. The number of fused-ring (bicyclic) bond motifs is 1. The number of rotatable bonds is 9. The lowest BCUT2D eigenvalue weighted by Crippen LogP contribution is -2.22. The van der Waals surface area contributed by atoms with Gasteiger partial charge >= 0.3 is 5.97 Å². The Morgan fingerprint density at radius 2 is 1.64 bits per heavy atom. The zero-order valence-corrected chi connectivity index (χ0v) is 23.3. The minimum Gasteiger partial charge on any atom is -0.493 e. The highest BCUT2D eigenvalue weighted by molar-refractivity contribution is 6.08. The summed E-state index contributed by atoms with van der Waals surface area (Å²) in [5.74, 6) is -0.488. The quantitative estimate of drug-likeness (QED) is 0.200. The number of amides is 1. The maximum atomic E-state index is 14.4. The number of halogens is 1. The summed E-state index contributed by atoms with van der Waals surface area (Å²) < 4.78 is 31.1. The fraction of sp³-hybridized carbons (Fsp3) is 0.152. The first kappa shape index (κ1) is 28.2. The summed E-state index contributed by atoms with van der Waals surface area (Å²) >= 11 is 0. The fourth-order valence-electron chi connectivity index (χ4n) is 4.79. The molecule has 2 heterocycles. The Bertz CT molecular complexity index is 1680. The number of aromatic nitrogens is 2. The molecule has 0 unspecified atom stereocenters. The van der Waals surface area contributed by atoms with Crippen molar-refractivity contribution in [3.05, 3.63) is 119 Å². The number of carbonyl (C=O) groups excluding carboxylic acids is 2. The molecule has 2 aromatic heterocycles. The molecular weight excluding hydrogens is 537 g/mol. The van der Waals surface area contributed by atoms with Gasteiger partial charge in [0.1, 0.15) is 5.82 Å². The summed E-state index contributed by atoms with van der Waals surface area (Å²) in [5.41, 5.74) is 5.72. The standard InChI is InChI=1S/C33H28FN3O5/c1-20-26(12-22-13-29(40-2)32(30(14-22)41-3)42-33(39)23-7-5-11-36-19-23)25-9-8-24(34)15-28(25)27(20)16-31(38)37-18-21-6-4-10-35-17-21/h4-15,17,19H,16,18H2,1-3H3,(H,37,38). The van der Waals surface area contributed by atoms with Gasteiger partial charge in [-0.15, -0.1) is 0 Å². The molecule has 0 atom stereocenters. The van der Waals surface area contributed by atoms with E-state index in [1.807, 2.05) is 25.1 Å². The Kier molecular flexibility index (Phi) is 8.38. The lowest BCUT2D eigenvalue weighted by Gasteiger charge is -2.15. The number of esters is 1. The molecule has 0 saturated heterocycles. The number of nitrogens with one attached hydrogen (secondary N) is 1. The summed E-state index contributed by atoms with van der Waals surface area (Å²) in [4.78, 5) is 33.7. The van der Waals surface area contributed by atoms with Crippen molar-refractivity contribution in [2.24, 2.45) is 0 Å². The predicted molar refractivity (Wildman–Crippen MR) is 156 cm³/mol. The van der Waals surface area contributed by atoms with Gasteiger partial charge in [0.15, 0.2) is 11.5 Å². The van der Waals surface area contributed by atoms with Gasteiger partial charge in [0.05, 0.1) is 26.2 Å². The number of carbonyl (C=O) groups is 2. The molecule has 5 rings (SSSR count). The van der Waals surface area contributed by atoms with Crippen LogP contribution in [0.4, 0.5) is 4.39 Å². The van der Waals surface area contributed by atoms with Crippen molar-refractivity contribution in [3.63, 3.8) is 0 Å². The van der Waals surface area contributed by atoms with Crippen molar-refractivity contribution in [2.45, 2.75) is 19.9 Å². The molecule has 42 heavy (non-hydrogen) atoms. The van der Waals surface area contributed by atoms with E-state index in [2.05, 4.69) is 15.3 Å². The number of hydrogen-bond acceptors (Lipinski definition) is 7. The van der Waals surface area contributed by atoms with E-state index in [0.29, 0.717) is 17.7 Å². The van der Waals surface area contributed by atoms with Gasteiger partial charge in [-0.3, -0.25) is 14.8 Å². The molecule has 0 aliphatic heterocycles. The highest BCUT2D eigenvalue weighted by Gasteiger charge is 2.26. The Labute approximate surface area is 242 Å². The molecule has 1 aliphatic rings. The van der Waals surface area contributed by atoms with Crippen LogP contribution in [-0.2, 0) is 11.3 Å². The number of nitrogens with zero attached hydrogens (tertiary/aromatic N) is 2. The van der Waals surface area contributed by atoms with Crippen molar-refractivity contribution >= 4 is 29.1 Å². The van der Waals surface area contributed by atoms with Crippen LogP contribution in [-0.4, -0.2) is 36.1 Å². The minimum atomic E-state index is -0.609. The van der Waals surface area contributed by atoms with Gasteiger partial charge in [-0.1, -0.05) is 12.1 Å². The lowest BCUT2D eigenvalue weighted by molar-refractivity contribution is -0.120. The van der Waals surface area contributed by atoms with E-state index < -0.39 is 5.97 Å². The zero-order valence-electron chi connectivity index (χ0n) is 23.3. The van der Waals surface area contributed by atoms with Crippen molar-refractivity contribution in [3.8, 4) is 17.2 Å². The zero-order chi connectivity index (χ0) is 29.6. The van der Waals surface area contributed by atoms with Gasteiger partial charge < -0.3 is 19.5 Å². The van der Waals surface area contributed by atoms with Crippen molar-refractivity contribution in [1.29, 1.82) is 0 Å². The number of pyridine rings is 2. The first-order chi connectivity index (χ1) is 20.4. The van der Waals surface area contributed by atoms with Crippen LogP contribution in [0.5, 0.6) is 17.2 Å². The Balaban J connectivity index is 1.47. The highest BCUT2D eigenvalue weighted by Crippen LogP contribution is 2.45. The second-order valence-corrected chi connectivity index (χ2v) is 9.55. The molecular formula is C33H28FN3O5. The topological polar surface area (TPSA) is 99.6 Å². The molecule has 2 aromatic carbocycles. The molecule has 0 bridgehead atoms. The smallest absolute Gasteiger partial charge is 0.345 e. The lowest BCUT2D eigenvalue weighted by atomic mass is 10.00. The largest absolute Gasteiger partial charge is 0.493 e. The van der Waals surface area contributed by atoms with E-state index in [1.54, 1.807) is 48.9 Å². The SMILES string of the molecule is COc1cc(C=C2C(C)=C(CC(=O)NCc3cccnc3)c3cc(F)ccc32)cc(OC)c1OC(=O)c1cccnc1. The van der Waals surface area contributed by atoms with Crippen LogP contribution in [0.15, 0.2) is 85.0 Å².